The van der Waals surface area contributed by atoms with E-state index >= 15 is 0 Å². The molecule has 4 aromatic rings. The maximum atomic E-state index is 13.9. The summed E-state index contributed by atoms with van der Waals surface area (Å²) >= 11 is 0. The zero-order chi connectivity index (χ0) is 32.7. The second-order valence-corrected chi connectivity index (χ2v) is 13.2. The molecule has 3 heterocycles. The molecule has 1 aliphatic heterocycles. The van der Waals surface area contributed by atoms with Gasteiger partial charge in [0.25, 0.3) is 11.8 Å². The highest BCUT2D eigenvalue weighted by Gasteiger charge is 2.48. The van der Waals surface area contributed by atoms with Crippen molar-refractivity contribution < 1.29 is 31.5 Å². The van der Waals surface area contributed by atoms with E-state index in [2.05, 4.69) is 20.8 Å². The fourth-order valence-corrected chi connectivity index (χ4v) is 6.87. The predicted octanol–water partition coefficient (Wildman–Crippen LogP) is 3.91. The van der Waals surface area contributed by atoms with Gasteiger partial charge in [0.1, 0.15) is 29.7 Å². The first-order valence-electron chi connectivity index (χ1n) is 13.9. The first kappa shape index (κ1) is 31.8. The molecule has 0 atom stereocenters. The van der Waals surface area contributed by atoms with Crippen molar-refractivity contribution in [3.05, 3.63) is 88.9 Å². The van der Waals surface area contributed by atoms with Crippen LogP contribution in [0.1, 0.15) is 46.0 Å². The molecule has 0 spiro atoms. The molecule has 45 heavy (non-hydrogen) atoms. The Morgan fingerprint density at radius 3 is 2.42 bits per heavy atom. The molecule has 12 nitrogen and oxygen atoms in total. The van der Waals surface area contributed by atoms with E-state index in [0.717, 1.165) is 16.4 Å². The Bertz CT molecular complexity index is 1860. The maximum absolute atomic E-state index is 13.9. The van der Waals surface area contributed by atoms with Crippen LogP contribution in [0.5, 0.6) is 5.75 Å². The molecule has 2 amide bonds. The van der Waals surface area contributed by atoms with E-state index in [1.807, 2.05) is 19.0 Å². The van der Waals surface area contributed by atoms with E-state index in [9.17, 15) is 26.8 Å². The lowest BCUT2D eigenvalue weighted by Crippen LogP contribution is -2.40. The minimum Gasteiger partial charge on any atom is -0.492 e. The van der Waals surface area contributed by atoms with Gasteiger partial charge in [-0.05, 0) is 64.3 Å². The summed E-state index contributed by atoms with van der Waals surface area (Å²) in [4.78, 5) is 28.1. The number of ether oxygens (including phenoxy) is 1. The fourth-order valence-electron chi connectivity index (χ4n) is 5.10. The number of rotatable bonds is 10. The van der Waals surface area contributed by atoms with E-state index in [-0.39, 0.29) is 23.6 Å². The number of amides is 2. The fraction of sp³-hybridized carbons (Fsp3) is 0.300. The molecule has 0 saturated heterocycles. The highest BCUT2D eigenvalue weighted by Crippen LogP contribution is 2.44. The highest BCUT2D eigenvalue weighted by molar-refractivity contribution is 7.89. The molecule has 5 rings (SSSR count). The molecule has 0 saturated carbocycles. The van der Waals surface area contributed by atoms with Crippen LogP contribution in [0.25, 0.3) is 0 Å². The lowest BCUT2D eigenvalue weighted by atomic mass is 10.0. The SMILES string of the molecule is CN(C)CCOc1ccc(C(=O)Nc2n[nH]c3c2CN(S(=O)(=O)c2cc(F)cc(F)c2)C3(C)C)c(NC(=O)c2cccn2C)c1. The van der Waals surface area contributed by atoms with Gasteiger partial charge in [0.2, 0.25) is 10.0 Å². The first-order valence-corrected chi connectivity index (χ1v) is 15.3. The largest absolute Gasteiger partial charge is 0.492 e. The van der Waals surface area contributed by atoms with Crippen molar-refractivity contribution in [1.29, 1.82) is 0 Å². The number of hydrogen-bond donors (Lipinski definition) is 3. The van der Waals surface area contributed by atoms with E-state index < -0.39 is 43.9 Å². The van der Waals surface area contributed by atoms with E-state index in [1.165, 1.54) is 6.07 Å². The van der Waals surface area contributed by atoms with Crippen LogP contribution in [0.2, 0.25) is 0 Å². The van der Waals surface area contributed by atoms with Crippen molar-refractivity contribution in [2.75, 3.05) is 37.9 Å². The number of nitrogens with one attached hydrogen (secondary N) is 3. The third-order valence-electron chi connectivity index (χ3n) is 7.53. The molecule has 0 radical (unpaired) electrons. The van der Waals surface area contributed by atoms with Crippen molar-refractivity contribution >= 4 is 33.3 Å². The summed E-state index contributed by atoms with van der Waals surface area (Å²) in [5.41, 5.74) is 0.239. The summed E-state index contributed by atoms with van der Waals surface area (Å²) in [5, 5.41) is 12.5. The molecule has 2 aromatic carbocycles. The van der Waals surface area contributed by atoms with Crippen LogP contribution in [-0.4, -0.2) is 71.4 Å². The standard InChI is InChI=1S/C30H33F2N7O5S/c1-30(2)26-23(17-39(30)45(42,43)21-14-18(31)13-19(32)15-21)27(36-35-26)34-28(40)22-9-8-20(44-12-11-37(3)4)16-24(22)33-29(41)25-7-6-10-38(25)5/h6-10,13-16H,11-12,17H2,1-5H3,(H,33,41)(H2,34,35,36,40). The van der Waals surface area contributed by atoms with E-state index in [0.29, 0.717) is 41.9 Å². The van der Waals surface area contributed by atoms with Crippen LogP contribution in [-0.2, 0) is 29.2 Å². The Balaban J connectivity index is 1.43. The van der Waals surface area contributed by atoms with Gasteiger partial charge in [-0.2, -0.15) is 9.40 Å². The molecule has 0 fully saturated rings. The predicted molar refractivity (Wildman–Crippen MR) is 163 cm³/mol. The molecule has 0 bridgehead atoms. The van der Waals surface area contributed by atoms with Gasteiger partial charge in [-0.1, -0.05) is 0 Å². The number of anilines is 2. The number of aromatic amines is 1. The van der Waals surface area contributed by atoms with Crippen molar-refractivity contribution in [2.24, 2.45) is 7.05 Å². The number of halogens is 2. The van der Waals surface area contributed by atoms with Gasteiger partial charge < -0.3 is 24.8 Å². The zero-order valence-corrected chi connectivity index (χ0v) is 26.1. The lowest BCUT2D eigenvalue weighted by molar-refractivity contribution is 0.101. The van der Waals surface area contributed by atoms with Crippen molar-refractivity contribution in [3.63, 3.8) is 0 Å². The quantitative estimate of drug-likeness (QED) is 0.238. The Morgan fingerprint density at radius 1 is 1.07 bits per heavy atom. The van der Waals surface area contributed by atoms with Crippen LogP contribution in [0.15, 0.2) is 59.6 Å². The number of sulfonamides is 1. The number of likely N-dealkylation sites (N-methyl/N-ethyl adjacent to an activating group) is 1. The van der Waals surface area contributed by atoms with Crippen LogP contribution in [0.3, 0.4) is 0 Å². The lowest BCUT2D eigenvalue weighted by Gasteiger charge is -2.30. The average Bonchev–Trinajstić information content (AvgIpc) is 3.63. The second kappa shape index (κ2) is 12.1. The molecule has 0 unspecified atom stereocenters. The number of aryl methyl sites for hydroxylation is 1. The van der Waals surface area contributed by atoms with Gasteiger partial charge in [-0.3, -0.25) is 14.7 Å². The molecular formula is C30H33F2N7O5S. The van der Waals surface area contributed by atoms with Gasteiger partial charge in [0.15, 0.2) is 5.82 Å². The van der Waals surface area contributed by atoms with Crippen LogP contribution in [0.4, 0.5) is 20.3 Å². The number of hydrogen-bond acceptors (Lipinski definition) is 7. The van der Waals surface area contributed by atoms with Gasteiger partial charge >= 0.3 is 0 Å². The Morgan fingerprint density at radius 2 is 1.78 bits per heavy atom. The Labute approximate surface area is 259 Å². The third kappa shape index (κ3) is 6.32. The van der Waals surface area contributed by atoms with Crippen LogP contribution >= 0.6 is 0 Å². The number of H-pyrrole nitrogens is 1. The van der Waals surface area contributed by atoms with Crippen molar-refractivity contribution in [2.45, 2.75) is 30.8 Å². The molecule has 0 aliphatic carbocycles. The third-order valence-corrected chi connectivity index (χ3v) is 9.52. The van der Waals surface area contributed by atoms with Gasteiger partial charge in [-0.15, -0.1) is 0 Å². The Kier molecular flexibility index (Phi) is 8.53. The molecule has 2 aromatic heterocycles. The molecule has 3 N–H and O–H groups in total. The number of aromatic nitrogens is 3. The van der Waals surface area contributed by atoms with Crippen LogP contribution in [0, 0.1) is 11.6 Å². The molecule has 1 aliphatic rings. The smallest absolute Gasteiger partial charge is 0.272 e. The van der Waals surface area contributed by atoms with Gasteiger partial charge in [0.05, 0.1) is 27.4 Å². The summed E-state index contributed by atoms with van der Waals surface area (Å²) in [6, 6.07) is 10.1. The number of carbonyl (C=O) groups is 2. The average molecular weight is 642 g/mol. The second-order valence-electron chi connectivity index (χ2n) is 11.4. The number of carbonyl (C=O) groups excluding carboxylic acids is 2. The molecular weight excluding hydrogens is 608 g/mol. The highest BCUT2D eigenvalue weighted by atomic mass is 32.2. The molecule has 238 valence electrons. The summed E-state index contributed by atoms with van der Waals surface area (Å²) in [7, 11) is 1.17. The summed E-state index contributed by atoms with van der Waals surface area (Å²) in [6.07, 6.45) is 1.72. The number of fused-ring (bicyclic) bond motifs is 1. The van der Waals surface area contributed by atoms with E-state index in [1.54, 1.807) is 55.9 Å². The minimum absolute atomic E-state index is 0.0669. The summed E-state index contributed by atoms with van der Waals surface area (Å²) in [6.45, 7) is 4.02. The van der Waals surface area contributed by atoms with Gasteiger partial charge in [0, 0.05) is 44.0 Å². The topological polar surface area (TPSA) is 142 Å². The van der Waals surface area contributed by atoms with E-state index in [4.69, 9.17) is 4.74 Å². The molecule has 15 heteroatoms. The minimum atomic E-state index is -4.36. The zero-order valence-electron chi connectivity index (χ0n) is 25.3. The Hall–Kier alpha value is -4.60. The van der Waals surface area contributed by atoms with Crippen LogP contribution < -0.4 is 15.4 Å². The maximum Gasteiger partial charge on any atom is 0.272 e. The summed E-state index contributed by atoms with van der Waals surface area (Å²) in [5.74, 6) is -2.62. The number of nitrogens with zero attached hydrogens (tertiary/aromatic N) is 4. The van der Waals surface area contributed by atoms with Crippen molar-refractivity contribution in [3.8, 4) is 5.75 Å². The van der Waals surface area contributed by atoms with Gasteiger partial charge in [-0.25, -0.2) is 17.2 Å². The first-order chi connectivity index (χ1) is 21.2. The summed E-state index contributed by atoms with van der Waals surface area (Å²) < 4.78 is 63.4. The van der Waals surface area contributed by atoms with Crippen molar-refractivity contribution in [1.82, 2.24) is 24.0 Å². The monoisotopic (exact) mass is 641 g/mol. The normalized spacial score (nSPS) is 14.4. The number of benzene rings is 2.